The van der Waals surface area contributed by atoms with E-state index < -0.39 is 15.6 Å². The second-order valence-corrected chi connectivity index (χ2v) is 7.79. The number of rotatable bonds is 4. The quantitative estimate of drug-likeness (QED) is 0.909. The Hall–Kier alpha value is -0.890. The lowest BCUT2D eigenvalue weighted by Crippen LogP contribution is -2.55. The van der Waals surface area contributed by atoms with Gasteiger partial charge in [0.1, 0.15) is 16.4 Å². The van der Waals surface area contributed by atoms with Crippen molar-refractivity contribution in [2.24, 2.45) is 0 Å². The molecule has 0 aliphatic carbocycles. The largest absolute Gasteiger partial charge is 0.465 e. The highest BCUT2D eigenvalue weighted by Gasteiger charge is 2.42. The Kier molecular flexibility index (Phi) is 4.49. The lowest BCUT2D eigenvalue weighted by Gasteiger charge is -2.40. The summed E-state index contributed by atoms with van der Waals surface area (Å²) < 4.78 is 38.7. The third kappa shape index (κ3) is 2.88. The van der Waals surface area contributed by atoms with Gasteiger partial charge in [0, 0.05) is 18.7 Å². The van der Waals surface area contributed by atoms with Crippen LogP contribution in [-0.2, 0) is 21.3 Å². The van der Waals surface area contributed by atoms with Gasteiger partial charge in [-0.25, -0.2) is 8.42 Å². The Morgan fingerprint density at radius 1 is 1.29 bits per heavy atom. The van der Waals surface area contributed by atoms with Crippen LogP contribution < -0.4 is 5.32 Å². The van der Waals surface area contributed by atoms with E-state index in [1.807, 2.05) is 13.8 Å². The number of nitrogens with zero attached hydrogens (tertiary/aromatic N) is 1. The van der Waals surface area contributed by atoms with Gasteiger partial charge in [0.05, 0.1) is 18.8 Å². The fourth-order valence-corrected chi connectivity index (χ4v) is 5.00. The van der Waals surface area contributed by atoms with Gasteiger partial charge in [-0.2, -0.15) is 4.31 Å². The van der Waals surface area contributed by atoms with E-state index >= 15 is 0 Å². The fourth-order valence-electron chi connectivity index (χ4n) is 2.83. The molecule has 1 fully saturated rings. The van der Waals surface area contributed by atoms with Gasteiger partial charge in [-0.15, -0.1) is 0 Å². The van der Waals surface area contributed by atoms with Crippen molar-refractivity contribution in [3.8, 4) is 0 Å². The zero-order valence-electron chi connectivity index (χ0n) is 13.3. The van der Waals surface area contributed by atoms with E-state index in [0.29, 0.717) is 48.3 Å². The van der Waals surface area contributed by atoms with Crippen molar-refractivity contribution >= 4 is 10.0 Å². The number of nitrogens with one attached hydrogen (secondary N) is 1. The predicted molar refractivity (Wildman–Crippen MR) is 79.7 cm³/mol. The van der Waals surface area contributed by atoms with E-state index in [1.54, 1.807) is 20.9 Å². The lowest BCUT2D eigenvalue weighted by atomic mass is 10.1. The first-order chi connectivity index (χ1) is 9.71. The Balaban J connectivity index is 2.54. The summed E-state index contributed by atoms with van der Waals surface area (Å²) in [5.74, 6) is 1.09. The third-order valence-corrected chi connectivity index (χ3v) is 6.10. The zero-order valence-corrected chi connectivity index (χ0v) is 14.1. The Morgan fingerprint density at radius 3 is 2.52 bits per heavy atom. The molecule has 0 saturated carbocycles. The molecule has 0 atom stereocenters. The van der Waals surface area contributed by atoms with Gasteiger partial charge < -0.3 is 14.5 Å². The first-order valence-corrected chi connectivity index (χ1v) is 8.50. The van der Waals surface area contributed by atoms with Gasteiger partial charge in [0.15, 0.2) is 0 Å². The molecular formula is C14H24N2O4S. The second-order valence-electron chi connectivity index (χ2n) is 5.99. The topological polar surface area (TPSA) is 71.8 Å². The van der Waals surface area contributed by atoms with Crippen LogP contribution >= 0.6 is 0 Å². The minimum Gasteiger partial charge on any atom is -0.465 e. The molecule has 1 aromatic rings. The highest BCUT2D eigenvalue weighted by molar-refractivity contribution is 7.89. The molecule has 120 valence electrons. The van der Waals surface area contributed by atoms with Crippen molar-refractivity contribution in [1.82, 2.24) is 9.62 Å². The number of furan rings is 1. The first-order valence-electron chi connectivity index (χ1n) is 7.06. The summed E-state index contributed by atoms with van der Waals surface area (Å²) >= 11 is 0. The van der Waals surface area contributed by atoms with Crippen molar-refractivity contribution in [1.29, 1.82) is 0 Å². The van der Waals surface area contributed by atoms with E-state index in [-0.39, 0.29) is 0 Å². The summed E-state index contributed by atoms with van der Waals surface area (Å²) in [6.45, 7) is 8.88. The Morgan fingerprint density at radius 2 is 1.95 bits per heavy atom. The third-order valence-electron chi connectivity index (χ3n) is 3.80. The molecular weight excluding hydrogens is 292 g/mol. The van der Waals surface area contributed by atoms with Gasteiger partial charge in [-0.1, -0.05) is 0 Å². The van der Waals surface area contributed by atoms with E-state index in [9.17, 15) is 8.42 Å². The number of sulfonamides is 1. The zero-order chi connectivity index (χ0) is 15.8. The summed E-state index contributed by atoms with van der Waals surface area (Å²) in [4.78, 5) is 0.296. The molecule has 1 aromatic heterocycles. The monoisotopic (exact) mass is 316 g/mol. The molecule has 1 aliphatic heterocycles. The molecule has 2 rings (SSSR count). The second kappa shape index (κ2) is 5.72. The molecule has 1 saturated heterocycles. The molecule has 2 heterocycles. The van der Waals surface area contributed by atoms with Crippen LogP contribution in [0.4, 0.5) is 0 Å². The molecule has 0 bridgehead atoms. The van der Waals surface area contributed by atoms with Gasteiger partial charge >= 0.3 is 0 Å². The molecule has 21 heavy (non-hydrogen) atoms. The van der Waals surface area contributed by atoms with Gasteiger partial charge in [-0.05, 0) is 34.7 Å². The maximum atomic E-state index is 13.1. The maximum Gasteiger partial charge on any atom is 0.247 e. The van der Waals surface area contributed by atoms with Crippen molar-refractivity contribution in [3.05, 3.63) is 17.1 Å². The molecule has 7 heteroatoms. The molecule has 1 N–H and O–H groups in total. The average molecular weight is 316 g/mol. The highest BCUT2D eigenvalue weighted by atomic mass is 32.2. The molecule has 6 nitrogen and oxygen atoms in total. The van der Waals surface area contributed by atoms with Gasteiger partial charge in [-0.3, -0.25) is 0 Å². The van der Waals surface area contributed by atoms with Crippen molar-refractivity contribution in [3.63, 3.8) is 0 Å². The molecule has 1 aliphatic rings. The van der Waals surface area contributed by atoms with Crippen LogP contribution in [0, 0.1) is 13.8 Å². The molecule has 0 radical (unpaired) electrons. The van der Waals surface area contributed by atoms with Crippen LogP contribution in [0.1, 0.15) is 30.9 Å². The average Bonchev–Trinajstić information content (AvgIpc) is 2.64. The number of ether oxygens (including phenoxy) is 1. The standard InChI is InChI=1S/C14H24N2O4S/c1-10-12(8-15-5)13(11(2)20-10)21(17,18)16-6-7-19-9-14(16,3)4/h15H,6-9H2,1-5H3. The highest BCUT2D eigenvalue weighted by Crippen LogP contribution is 2.33. The minimum absolute atomic E-state index is 0.296. The van der Waals surface area contributed by atoms with Crippen LogP contribution in [0.2, 0.25) is 0 Å². The number of morpholine rings is 1. The molecule has 0 unspecified atom stereocenters. The molecule has 0 amide bonds. The predicted octanol–water partition coefficient (Wildman–Crippen LogP) is 1.42. The van der Waals surface area contributed by atoms with Crippen molar-refractivity contribution in [2.75, 3.05) is 26.8 Å². The molecule has 0 aromatic carbocycles. The van der Waals surface area contributed by atoms with Gasteiger partial charge in [0.25, 0.3) is 0 Å². The number of hydrogen-bond acceptors (Lipinski definition) is 5. The van der Waals surface area contributed by atoms with Crippen LogP contribution in [0.3, 0.4) is 0 Å². The van der Waals surface area contributed by atoms with Crippen LogP contribution in [0.15, 0.2) is 9.31 Å². The SMILES string of the molecule is CNCc1c(C)oc(C)c1S(=O)(=O)N1CCOCC1(C)C. The summed E-state index contributed by atoms with van der Waals surface area (Å²) in [5, 5.41) is 3.01. The fraction of sp³-hybridized carbons (Fsp3) is 0.714. The summed E-state index contributed by atoms with van der Waals surface area (Å²) in [6.07, 6.45) is 0. The Labute approximate surface area is 126 Å². The minimum atomic E-state index is -3.61. The summed E-state index contributed by atoms with van der Waals surface area (Å²) in [5.41, 5.74) is 0.142. The van der Waals surface area contributed by atoms with Crippen LogP contribution in [0.5, 0.6) is 0 Å². The maximum absolute atomic E-state index is 13.1. The summed E-state index contributed by atoms with van der Waals surface area (Å²) in [6, 6.07) is 0. The van der Waals surface area contributed by atoms with Crippen LogP contribution in [-0.4, -0.2) is 45.1 Å². The van der Waals surface area contributed by atoms with E-state index in [1.165, 1.54) is 4.31 Å². The lowest BCUT2D eigenvalue weighted by molar-refractivity contribution is -0.00776. The summed E-state index contributed by atoms with van der Waals surface area (Å²) in [7, 11) is -1.82. The number of hydrogen-bond donors (Lipinski definition) is 1. The Bertz CT molecular complexity index is 619. The molecule has 0 spiro atoms. The van der Waals surface area contributed by atoms with E-state index in [0.717, 1.165) is 0 Å². The first kappa shape index (κ1) is 16.5. The normalized spacial score (nSPS) is 19.9. The van der Waals surface area contributed by atoms with Gasteiger partial charge in [0.2, 0.25) is 10.0 Å². The smallest absolute Gasteiger partial charge is 0.247 e. The van der Waals surface area contributed by atoms with Crippen molar-refractivity contribution in [2.45, 2.75) is 44.7 Å². The van der Waals surface area contributed by atoms with Crippen molar-refractivity contribution < 1.29 is 17.6 Å². The van der Waals surface area contributed by atoms with E-state index in [2.05, 4.69) is 5.32 Å². The van der Waals surface area contributed by atoms with Crippen LogP contribution in [0.25, 0.3) is 0 Å². The van der Waals surface area contributed by atoms with E-state index in [4.69, 9.17) is 9.15 Å². The number of aryl methyl sites for hydroxylation is 2.